The van der Waals surface area contributed by atoms with Gasteiger partial charge >= 0.3 is 0 Å². The zero-order valence-corrected chi connectivity index (χ0v) is 18.6. The highest BCUT2D eigenvalue weighted by Crippen LogP contribution is 2.25. The maximum atomic E-state index is 12.6. The van der Waals surface area contributed by atoms with Crippen molar-refractivity contribution in [2.45, 2.75) is 51.5 Å². The van der Waals surface area contributed by atoms with Crippen LogP contribution in [0.25, 0.3) is 0 Å². The quantitative estimate of drug-likeness (QED) is 0.720. The molecule has 0 radical (unpaired) electrons. The molecule has 5 heteroatoms. The molecule has 1 aliphatic rings. The number of aryl methyl sites for hydroxylation is 3. The van der Waals surface area contributed by atoms with Crippen molar-refractivity contribution in [2.75, 3.05) is 18.4 Å². The van der Waals surface area contributed by atoms with Crippen LogP contribution in [0.1, 0.15) is 52.4 Å². The number of rotatable bonds is 6. The van der Waals surface area contributed by atoms with E-state index in [-0.39, 0.29) is 17.1 Å². The maximum absolute atomic E-state index is 12.6. The summed E-state index contributed by atoms with van der Waals surface area (Å²) < 4.78 is 0. The van der Waals surface area contributed by atoms with Crippen molar-refractivity contribution in [1.29, 1.82) is 0 Å². The number of benzene rings is 2. The number of carbonyl (C=O) groups excluding carboxylic acids is 2. The van der Waals surface area contributed by atoms with Crippen LogP contribution < -0.4 is 5.32 Å². The summed E-state index contributed by atoms with van der Waals surface area (Å²) in [6.45, 7) is 9.78. The second kappa shape index (κ2) is 9.49. The van der Waals surface area contributed by atoms with Crippen molar-refractivity contribution < 1.29 is 9.59 Å². The fourth-order valence-corrected chi connectivity index (χ4v) is 4.59. The van der Waals surface area contributed by atoms with E-state index in [2.05, 4.69) is 24.4 Å². The second-order valence-electron chi connectivity index (χ2n) is 7.91. The summed E-state index contributed by atoms with van der Waals surface area (Å²) in [6.07, 6.45) is 2.20. The summed E-state index contributed by atoms with van der Waals surface area (Å²) in [5, 5.41) is 2.92. The van der Waals surface area contributed by atoms with Crippen LogP contribution in [0, 0.1) is 20.8 Å². The number of thioether (sulfide) groups is 1. The Bertz CT molecular complexity index is 863. The molecule has 1 heterocycles. The summed E-state index contributed by atoms with van der Waals surface area (Å²) in [6, 6.07) is 12.0. The molecule has 0 aliphatic carbocycles. The Labute approximate surface area is 178 Å². The molecule has 0 saturated carbocycles. The molecule has 2 amide bonds. The first-order valence-corrected chi connectivity index (χ1v) is 11.3. The fourth-order valence-electron chi connectivity index (χ4n) is 3.75. The average Bonchev–Trinajstić information content (AvgIpc) is 3.23. The van der Waals surface area contributed by atoms with E-state index in [1.54, 1.807) is 11.8 Å². The molecule has 1 atom stereocenters. The van der Waals surface area contributed by atoms with Gasteiger partial charge in [0.25, 0.3) is 5.91 Å². The summed E-state index contributed by atoms with van der Waals surface area (Å²) in [4.78, 5) is 27.0. The lowest BCUT2D eigenvalue weighted by Gasteiger charge is -2.17. The van der Waals surface area contributed by atoms with Gasteiger partial charge in [-0.05, 0) is 69.4 Å². The summed E-state index contributed by atoms with van der Waals surface area (Å²) >= 11 is 1.60. The van der Waals surface area contributed by atoms with Gasteiger partial charge in [0.15, 0.2) is 0 Å². The molecule has 0 bridgehead atoms. The third-order valence-electron chi connectivity index (χ3n) is 5.39. The van der Waals surface area contributed by atoms with Gasteiger partial charge in [-0.15, -0.1) is 11.8 Å². The Kier molecular flexibility index (Phi) is 7.01. The normalized spacial score (nSPS) is 14.7. The molecule has 1 unspecified atom stereocenters. The number of hydrogen-bond acceptors (Lipinski definition) is 3. The topological polar surface area (TPSA) is 49.4 Å². The van der Waals surface area contributed by atoms with E-state index in [4.69, 9.17) is 0 Å². The second-order valence-corrected chi connectivity index (χ2v) is 9.24. The molecule has 2 aromatic carbocycles. The van der Waals surface area contributed by atoms with E-state index in [1.165, 1.54) is 5.56 Å². The number of hydrogen-bond donors (Lipinski definition) is 1. The van der Waals surface area contributed by atoms with Gasteiger partial charge in [0, 0.05) is 30.1 Å². The van der Waals surface area contributed by atoms with Crippen molar-refractivity contribution >= 4 is 29.3 Å². The monoisotopic (exact) mass is 410 g/mol. The highest BCUT2D eigenvalue weighted by molar-refractivity contribution is 7.99. The van der Waals surface area contributed by atoms with Gasteiger partial charge in [-0.1, -0.05) is 29.8 Å². The fraction of sp³-hybridized carbons (Fsp3) is 0.417. The van der Waals surface area contributed by atoms with Gasteiger partial charge in [0.2, 0.25) is 5.91 Å². The SMILES string of the molecule is Cc1cc(C)c(NC(=O)C(C)SCc2ccc(C(=O)N3CCCC3)cc2)c(C)c1. The number of nitrogens with zero attached hydrogens (tertiary/aromatic N) is 1. The Morgan fingerprint density at radius 2 is 1.62 bits per heavy atom. The van der Waals surface area contributed by atoms with Gasteiger partial charge in [0.05, 0.1) is 5.25 Å². The van der Waals surface area contributed by atoms with Crippen LogP contribution in [0.2, 0.25) is 0 Å². The first-order chi connectivity index (χ1) is 13.8. The summed E-state index contributed by atoms with van der Waals surface area (Å²) in [7, 11) is 0. The minimum Gasteiger partial charge on any atom is -0.339 e. The third kappa shape index (κ3) is 5.41. The molecule has 154 valence electrons. The molecular formula is C24H30N2O2S. The molecule has 1 saturated heterocycles. The van der Waals surface area contributed by atoms with E-state index in [0.29, 0.717) is 0 Å². The van der Waals surface area contributed by atoms with Gasteiger partial charge < -0.3 is 10.2 Å². The highest BCUT2D eigenvalue weighted by atomic mass is 32.2. The van der Waals surface area contributed by atoms with Crippen molar-refractivity contribution in [1.82, 2.24) is 4.90 Å². The lowest BCUT2D eigenvalue weighted by molar-refractivity contribution is -0.115. The van der Waals surface area contributed by atoms with E-state index >= 15 is 0 Å². The number of anilines is 1. The van der Waals surface area contributed by atoms with E-state index in [0.717, 1.165) is 59.6 Å². The molecule has 2 aromatic rings. The van der Waals surface area contributed by atoms with Crippen LogP contribution in [0.3, 0.4) is 0 Å². The summed E-state index contributed by atoms with van der Waals surface area (Å²) in [5.74, 6) is 0.878. The Morgan fingerprint density at radius 1 is 1.03 bits per heavy atom. The zero-order chi connectivity index (χ0) is 21.0. The largest absolute Gasteiger partial charge is 0.339 e. The van der Waals surface area contributed by atoms with Crippen molar-refractivity contribution in [3.8, 4) is 0 Å². The molecule has 3 rings (SSSR count). The molecule has 1 N–H and O–H groups in total. The smallest absolute Gasteiger partial charge is 0.253 e. The summed E-state index contributed by atoms with van der Waals surface area (Å²) in [5.41, 5.74) is 6.16. The molecule has 29 heavy (non-hydrogen) atoms. The number of amides is 2. The van der Waals surface area contributed by atoms with Gasteiger partial charge in [0.1, 0.15) is 0 Å². The van der Waals surface area contributed by atoms with Crippen LogP contribution in [-0.2, 0) is 10.5 Å². The van der Waals surface area contributed by atoms with E-state index in [1.807, 2.05) is 49.9 Å². The minimum absolute atomic E-state index is 0.0193. The highest BCUT2D eigenvalue weighted by Gasteiger charge is 2.19. The lowest BCUT2D eigenvalue weighted by atomic mass is 10.1. The first-order valence-electron chi connectivity index (χ1n) is 10.2. The third-order valence-corrected chi connectivity index (χ3v) is 6.60. The Hall–Kier alpha value is -2.27. The molecule has 0 aromatic heterocycles. The maximum Gasteiger partial charge on any atom is 0.253 e. The van der Waals surface area contributed by atoms with Crippen LogP contribution in [0.4, 0.5) is 5.69 Å². The molecule has 0 spiro atoms. The van der Waals surface area contributed by atoms with Crippen molar-refractivity contribution in [3.05, 3.63) is 64.2 Å². The Balaban J connectivity index is 1.54. The number of nitrogens with one attached hydrogen (secondary N) is 1. The molecule has 1 fully saturated rings. The number of likely N-dealkylation sites (tertiary alicyclic amines) is 1. The van der Waals surface area contributed by atoms with Crippen LogP contribution in [0.5, 0.6) is 0 Å². The predicted octanol–water partition coefficient (Wildman–Crippen LogP) is 5.11. The van der Waals surface area contributed by atoms with Gasteiger partial charge in [-0.3, -0.25) is 9.59 Å². The van der Waals surface area contributed by atoms with Crippen LogP contribution >= 0.6 is 11.8 Å². The lowest BCUT2D eigenvalue weighted by Crippen LogP contribution is -2.27. The zero-order valence-electron chi connectivity index (χ0n) is 17.7. The molecule has 4 nitrogen and oxygen atoms in total. The predicted molar refractivity (Wildman–Crippen MR) is 122 cm³/mol. The minimum atomic E-state index is -0.166. The number of carbonyl (C=O) groups is 2. The van der Waals surface area contributed by atoms with Crippen LogP contribution in [-0.4, -0.2) is 35.1 Å². The van der Waals surface area contributed by atoms with Gasteiger partial charge in [-0.25, -0.2) is 0 Å². The molecular weight excluding hydrogens is 380 g/mol. The standard InChI is InChI=1S/C24H30N2O2S/c1-16-13-17(2)22(18(3)14-16)25-23(27)19(4)29-15-20-7-9-21(10-8-20)24(28)26-11-5-6-12-26/h7-10,13-14,19H,5-6,11-12,15H2,1-4H3,(H,25,27). The van der Waals surface area contributed by atoms with Crippen LogP contribution in [0.15, 0.2) is 36.4 Å². The van der Waals surface area contributed by atoms with E-state index in [9.17, 15) is 9.59 Å². The van der Waals surface area contributed by atoms with Crippen molar-refractivity contribution in [2.24, 2.45) is 0 Å². The van der Waals surface area contributed by atoms with Crippen molar-refractivity contribution in [3.63, 3.8) is 0 Å². The van der Waals surface area contributed by atoms with E-state index < -0.39 is 0 Å². The Morgan fingerprint density at radius 3 is 2.21 bits per heavy atom. The molecule has 1 aliphatic heterocycles. The average molecular weight is 411 g/mol. The first kappa shape index (κ1) is 21.4. The van der Waals surface area contributed by atoms with Gasteiger partial charge in [-0.2, -0.15) is 0 Å².